The standard InChI is InChI=1S/C24H30N6O5S/c1-14-8-9-15(10-20(14)30-13-19(27-29-30)23(32)25-5)22(31)26-17-11-16(24(2,3)4)12-18(21(17)35-6)28-36(7,33)34/h8-13,28H,1-7H3,(H,25,32)(H,26,31). The molecule has 0 aliphatic rings. The van der Waals surface area contributed by atoms with E-state index in [2.05, 4.69) is 25.7 Å². The van der Waals surface area contributed by atoms with Crippen molar-refractivity contribution in [1.29, 1.82) is 0 Å². The second-order valence-electron chi connectivity index (χ2n) is 9.31. The van der Waals surface area contributed by atoms with Gasteiger partial charge in [-0.2, -0.15) is 0 Å². The zero-order chi connectivity index (χ0) is 26.8. The SMILES string of the molecule is CNC(=O)c1cn(-c2cc(C(=O)Nc3cc(C(C)(C)C)cc(NS(C)(=O)=O)c3OC)ccc2C)nn1. The number of methoxy groups -OCH3 is 1. The molecule has 12 heteroatoms. The fourth-order valence-corrected chi connectivity index (χ4v) is 4.01. The number of hydrogen-bond acceptors (Lipinski definition) is 7. The number of amides is 2. The fourth-order valence-electron chi connectivity index (χ4n) is 3.46. The lowest BCUT2D eigenvalue weighted by Crippen LogP contribution is -2.18. The van der Waals surface area contributed by atoms with Crippen molar-refractivity contribution in [3.05, 3.63) is 58.9 Å². The Labute approximate surface area is 210 Å². The Morgan fingerprint density at radius 2 is 1.72 bits per heavy atom. The molecule has 3 aromatic rings. The van der Waals surface area contributed by atoms with Crippen LogP contribution >= 0.6 is 0 Å². The van der Waals surface area contributed by atoms with Gasteiger partial charge in [-0.05, 0) is 47.7 Å². The Balaban J connectivity index is 2.03. The van der Waals surface area contributed by atoms with Crippen LogP contribution in [0.2, 0.25) is 0 Å². The molecule has 0 aliphatic carbocycles. The largest absolute Gasteiger partial charge is 0.492 e. The van der Waals surface area contributed by atoms with Crippen LogP contribution in [0.5, 0.6) is 5.75 Å². The average molecular weight is 515 g/mol. The topological polar surface area (TPSA) is 144 Å². The minimum absolute atomic E-state index is 0.140. The lowest BCUT2D eigenvalue weighted by molar-refractivity contribution is 0.0957. The Bertz CT molecular complexity index is 1420. The quantitative estimate of drug-likeness (QED) is 0.440. The van der Waals surface area contributed by atoms with Crippen LogP contribution in [0, 0.1) is 6.92 Å². The van der Waals surface area contributed by atoms with Gasteiger partial charge in [0.25, 0.3) is 11.8 Å². The third-order valence-corrected chi connectivity index (χ3v) is 5.96. The molecule has 0 saturated heterocycles. The smallest absolute Gasteiger partial charge is 0.273 e. The van der Waals surface area contributed by atoms with Gasteiger partial charge in [0.05, 0.1) is 36.6 Å². The highest BCUT2D eigenvalue weighted by molar-refractivity contribution is 7.92. The highest BCUT2D eigenvalue weighted by Gasteiger charge is 2.23. The molecule has 192 valence electrons. The Hall–Kier alpha value is -3.93. The van der Waals surface area contributed by atoms with Crippen molar-refractivity contribution in [3.8, 4) is 11.4 Å². The third kappa shape index (κ3) is 6.00. The molecule has 3 rings (SSSR count). The highest BCUT2D eigenvalue weighted by Crippen LogP contribution is 2.39. The van der Waals surface area contributed by atoms with Crippen LogP contribution in [-0.2, 0) is 15.4 Å². The van der Waals surface area contributed by atoms with E-state index in [1.807, 2.05) is 27.7 Å². The zero-order valence-corrected chi connectivity index (χ0v) is 22.1. The Morgan fingerprint density at radius 3 is 2.31 bits per heavy atom. The van der Waals surface area contributed by atoms with Crippen LogP contribution in [0.4, 0.5) is 11.4 Å². The van der Waals surface area contributed by atoms with Gasteiger partial charge >= 0.3 is 0 Å². The molecule has 0 atom stereocenters. The molecule has 36 heavy (non-hydrogen) atoms. The first-order valence-corrected chi connectivity index (χ1v) is 12.9. The van der Waals surface area contributed by atoms with Gasteiger partial charge in [-0.25, -0.2) is 13.1 Å². The number of rotatable bonds is 7. The number of nitrogens with one attached hydrogen (secondary N) is 3. The number of benzene rings is 2. The lowest BCUT2D eigenvalue weighted by atomic mass is 9.86. The van der Waals surface area contributed by atoms with Crippen molar-refractivity contribution in [2.75, 3.05) is 30.5 Å². The van der Waals surface area contributed by atoms with Crippen LogP contribution < -0.4 is 20.1 Å². The van der Waals surface area contributed by atoms with Gasteiger partial charge in [0, 0.05) is 12.6 Å². The van der Waals surface area contributed by atoms with Crippen molar-refractivity contribution in [3.63, 3.8) is 0 Å². The predicted octanol–water partition coefficient (Wildman–Crippen LogP) is 2.87. The molecule has 0 fully saturated rings. The number of sulfonamides is 1. The van der Waals surface area contributed by atoms with E-state index in [-0.39, 0.29) is 28.5 Å². The summed E-state index contributed by atoms with van der Waals surface area (Å²) in [6.07, 6.45) is 2.52. The van der Waals surface area contributed by atoms with E-state index in [9.17, 15) is 18.0 Å². The summed E-state index contributed by atoms with van der Waals surface area (Å²) in [5.41, 5.74) is 2.81. The van der Waals surface area contributed by atoms with Crippen molar-refractivity contribution < 1.29 is 22.7 Å². The molecular weight excluding hydrogens is 484 g/mol. The number of aryl methyl sites for hydroxylation is 1. The van der Waals surface area contributed by atoms with Gasteiger partial charge in [-0.15, -0.1) is 5.10 Å². The summed E-state index contributed by atoms with van der Waals surface area (Å²) in [6, 6.07) is 8.48. The molecule has 1 heterocycles. The highest BCUT2D eigenvalue weighted by atomic mass is 32.2. The number of ether oxygens (including phenoxy) is 1. The number of aromatic nitrogens is 3. The third-order valence-electron chi connectivity index (χ3n) is 5.37. The summed E-state index contributed by atoms with van der Waals surface area (Å²) >= 11 is 0. The van der Waals surface area contributed by atoms with E-state index in [0.29, 0.717) is 16.9 Å². The van der Waals surface area contributed by atoms with E-state index in [1.165, 1.54) is 25.0 Å². The van der Waals surface area contributed by atoms with Gasteiger partial charge < -0.3 is 15.4 Å². The first kappa shape index (κ1) is 26.7. The first-order chi connectivity index (χ1) is 16.7. The predicted molar refractivity (Wildman–Crippen MR) is 138 cm³/mol. The van der Waals surface area contributed by atoms with Crippen molar-refractivity contribution >= 4 is 33.2 Å². The molecule has 1 aromatic heterocycles. The maximum atomic E-state index is 13.3. The summed E-state index contributed by atoms with van der Waals surface area (Å²) in [4.78, 5) is 25.1. The van der Waals surface area contributed by atoms with E-state index < -0.39 is 15.9 Å². The van der Waals surface area contributed by atoms with E-state index >= 15 is 0 Å². The van der Waals surface area contributed by atoms with Gasteiger partial charge in [0.1, 0.15) is 0 Å². The normalized spacial score (nSPS) is 11.6. The zero-order valence-electron chi connectivity index (χ0n) is 21.3. The van der Waals surface area contributed by atoms with Crippen LogP contribution in [-0.4, -0.2) is 55.6 Å². The molecule has 0 spiro atoms. The molecule has 0 unspecified atom stereocenters. The van der Waals surface area contributed by atoms with E-state index in [0.717, 1.165) is 17.4 Å². The minimum Gasteiger partial charge on any atom is -0.492 e. The Kier molecular flexibility index (Phi) is 7.39. The fraction of sp³-hybridized carbons (Fsp3) is 0.333. The van der Waals surface area contributed by atoms with Crippen molar-refractivity contribution in [2.24, 2.45) is 0 Å². The number of carbonyl (C=O) groups is 2. The van der Waals surface area contributed by atoms with Crippen LogP contribution in [0.15, 0.2) is 36.5 Å². The van der Waals surface area contributed by atoms with Crippen LogP contribution in [0.1, 0.15) is 52.7 Å². The summed E-state index contributed by atoms with van der Waals surface area (Å²) in [5, 5.41) is 13.2. The number of carbonyl (C=O) groups excluding carboxylic acids is 2. The lowest BCUT2D eigenvalue weighted by Gasteiger charge is -2.24. The molecule has 2 aromatic carbocycles. The summed E-state index contributed by atoms with van der Waals surface area (Å²) in [7, 11) is -0.709. The molecule has 11 nitrogen and oxygen atoms in total. The second-order valence-corrected chi connectivity index (χ2v) is 11.1. The molecule has 0 radical (unpaired) electrons. The van der Waals surface area contributed by atoms with Gasteiger partial charge in [0.15, 0.2) is 11.4 Å². The molecular formula is C24H30N6O5S. The minimum atomic E-state index is -3.60. The molecule has 3 N–H and O–H groups in total. The monoisotopic (exact) mass is 514 g/mol. The van der Waals surface area contributed by atoms with Gasteiger partial charge in [-0.1, -0.05) is 32.1 Å². The molecule has 0 aliphatic heterocycles. The number of nitrogens with zero attached hydrogens (tertiary/aromatic N) is 3. The van der Waals surface area contributed by atoms with Gasteiger partial charge in [0.2, 0.25) is 10.0 Å². The van der Waals surface area contributed by atoms with E-state index in [4.69, 9.17) is 4.74 Å². The van der Waals surface area contributed by atoms with Crippen LogP contribution in [0.3, 0.4) is 0 Å². The maximum Gasteiger partial charge on any atom is 0.273 e. The summed E-state index contributed by atoms with van der Waals surface area (Å²) < 4.78 is 33.3. The van der Waals surface area contributed by atoms with Crippen molar-refractivity contribution in [1.82, 2.24) is 20.3 Å². The van der Waals surface area contributed by atoms with Crippen LogP contribution in [0.25, 0.3) is 5.69 Å². The number of anilines is 2. The molecule has 0 saturated carbocycles. The first-order valence-electron chi connectivity index (χ1n) is 11.0. The maximum absolute atomic E-state index is 13.3. The molecule has 2 amide bonds. The summed E-state index contributed by atoms with van der Waals surface area (Å²) in [6.45, 7) is 7.77. The average Bonchev–Trinajstić information content (AvgIpc) is 3.27. The molecule has 0 bridgehead atoms. The number of hydrogen-bond donors (Lipinski definition) is 3. The Morgan fingerprint density at radius 1 is 1.06 bits per heavy atom. The second kappa shape index (κ2) is 9.97. The summed E-state index contributed by atoms with van der Waals surface area (Å²) in [5.74, 6) is -0.643. The van der Waals surface area contributed by atoms with Gasteiger partial charge in [-0.3, -0.25) is 14.3 Å². The van der Waals surface area contributed by atoms with Crippen molar-refractivity contribution in [2.45, 2.75) is 33.1 Å². The van der Waals surface area contributed by atoms with E-state index in [1.54, 1.807) is 30.3 Å².